The number of fused-ring (bicyclic) bond motifs is 2. The molecular weight excluding hydrogens is 370 g/mol. The molecule has 28 heavy (non-hydrogen) atoms. The molecule has 144 valence electrons. The van der Waals surface area contributed by atoms with Crippen molar-refractivity contribution >= 4 is 22.7 Å². The largest absolute Gasteiger partial charge is 0.510 e. The van der Waals surface area contributed by atoms with Crippen LogP contribution >= 0.6 is 11.3 Å². The fourth-order valence-electron chi connectivity index (χ4n) is 4.68. The first-order valence-corrected chi connectivity index (χ1v) is 10.5. The summed E-state index contributed by atoms with van der Waals surface area (Å²) in [5.74, 6) is 3.43. The van der Waals surface area contributed by atoms with Crippen LogP contribution in [0, 0.1) is 23.2 Å². The van der Waals surface area contributed by atoms with Gasteiger partial charge in [-0.2, -0.15) is 0 Å². The highest BCUT2D eigenvalue weighted by Crippen LogP contribution is 2.44. The van der Waals surface area contributed by atoms with Crippen LogP contribution in [0.25, 0.3) is 16.8 Å². The van der Waals surface area contributed by atoms with E-state index in [9.17, 15) is 5.11 Å². The third kappa shape index (κ3) is 2.92. The lowest BCUT2D eigenvalue weighted by molar-refractivity contribution is 0.294. The summed E-state index contributed by atoms with van der Waals surface area (Å²) in [7, 11) is 1.65. The molecule has 0 amide bonds. The number of methoxy groups -OCH3 is 1. The molecule has 1 saturated carbocycles. The van der Waals surface area contributed by atoms with Crippen LogP contribution in [0.2, 0.25) is 0 Å². The van der Waals surface area contributed by atoms with Gasteiger partial charge in [0.15, 0.2) is 0 Å². The molecular formula is C22H23N3O2S. The van der Waals surface area contributed by atoms with Gasteiger partial charge < -0.3 is 14.7 Å². The fraction of sp³-hybridized carbons (Fsp3) is 0.364. The maximum atomic E-state index is 10.6. The number of aliphatic hydroxyl groups excluding tert-OH is 1. The molecule has 2 bridgehead atoms. The second kappa shape index (κ2) is 6.78. The highest BCUT2D eigenvalue weighted by Gasteiger charge is 2.39. The highest BCUT2D eigenvalue weighted by molar-refractivity contribution is 7.11. The molecule has 5 nitrogen and oxygen atoms in total. The van der Waals surface area contributed by atoms with Gasteiger partial charge in [-0.3, -0.25) is 5.41 Å². The van der Waals surface area contributed by atoms with E-state index in [1.165, 1.54) is 24.2 Å². The molecule has 3 atom stereocenters. The normalized spacial score (nSPS) is 26.0. The first-order chi connectivity index (χ1) is 13.6. The molecule has 0 unspecified atom stereocenters. The Balaban J connectivity index is 1.33. The van der Waals surface area contributed by atoms with Gasteiger partial charge in [0.1, 0.15) is 22.4 Å². The second-order valence-corrected chi connectivity index (χ2v) is 8.72. The third-order valence-corrected chi connectivity index (χ3v) is 7.02. The van der Waals surface area contributed by atoms with Gasteiger partial charge in [-0.05, 0) is 54.9 Å². The summed E-state index contributed by atoms with van der Waals surface area (Å²) in [6, 6.07) is 7.77. The summed E-state index contributed by atoms with van der Waals surface area (Å²) >= 11 is 1.48. The van der Waals surface area contributed by atoms with Crippen molar-refractivity contribution in [1.29, 1.82) is 5.41 Å². The van der Waals surface area contributed by atoms with Crippen molar-refractivity contribution in [3.63, 3.8) is 0 Å². The standard InChI is InChI=1S/C22H23N3O2S/c1-27-17-6-4-14(5-7-17)18-12-28-22(24-18)20-19(26)11-25(21(20)23)10-16-9-13-2-3-15(16)8-13/h2-7,12-13,15-16,23,26H,8-11H2,1H3/t13-,15+,16+/m1/s1. The van der Waals surface area contributed by atoms with E-state index in [-0.39, 0.29) is 5.76 Å². The molecule has 2 aliphatic carbocycles. The lowest BCUT2D eigenvalue weighted by Gasteiger charge is -2.26. The Bertz CT molecular complexity index is 976. The number of amidine groups is 1. The molecule has 2 heterocycles. The van der Waals surface area contributed by atoms with Gasteiger partial charge in [0.05, 0.1) is 24.9 Å². The monoisotopic (exact) mass is 393 g/mol. The molecule has 1 aromatic carbocycles. The van der Waals surface area contributed by atoms with Crippen molar-refractivity contribution in [1.82, 2.24) is 9.88 Å². The van der Waals surface area contributed by atoms with E-state index in [4.69, 9.17) is 15.1 Å². The predicted octanol–water partition coefficient (Wildman–Crippen LogP) is 4.59. The van der Waals surface area contributed by atoms with Crippen LogP contribution in [0.5, 0.6) is 5.75 Å². The Morgan fingerprint density at radius 3 is 2.75 bits per heavy atom. The Morgan fingerprint density at radius 2 is 2.07 bits per heavy atom. The Morgan fingerprint density at radius 1 is 1.25 bits per heavy atom. The summed E-state index contributed by atoms with van der Waals surface area (Å²) in [5, 5.41) is 21.9. The van der Waals surface area contributed by atoms with Crippen LogP contribution in [-0.2, 0) is 0 Å². The number of nitrogens with one attached hydrogen (secondary N) is 1. The Labute approximate surface area is 168 Å². The highest BCUT2D eigenvalue weighted by atomic mass is 32.1. The summed E-state index contributed by atoms with van der Waals surface area (Å²) < 4.78 is 5.21. The van der Waals surface area contributed by atoms with E-state index in [0.29, 0.717) is 34.8 Å². The molecule has 6 heteroatoms. The minimum Gasteiger partial charge on any atom is -0.510 e. The summed E-state index contributed by atoms with van der Waals surface area (Å²) in [6.07, 6.45) is 7.15. The minimum absolute atomic E-state index is 0.263. The summed E-state index contributed by atoms with van der Waals surface area (Å²) in [5.41, 5.74) is 2.44. The summed E-state index contributed by atoms with van der Waals surface area (Å²) in [4.78, 5) is 6.72. The first kappa shape index (κ1) is 17.5. The van der Waals surface area contributed by atoms with Crippen LogP contribution in [0.3, 0.4) is 0 Å². The average Bonchev–Trinajstić information content (AvgIpc) is 3.48. The molecule has 0 saturated heterocycles. The zero-order chi connectivity index (χ0) is 19.3. The number of allylic oxidation sites excluding steroid dienone is 2. The van der Waals surface area contributed by atoms with Gasteiger partial charge in [0, 0.05) is 17.5 Å². The van der Waals surface area contributed by atoms with Gasteiger partial charge in [-0.1, -0.05) is 12.2 Å². The average molecular weight is 394 g/mol. The van der Waals surface area contributed by atoms with Gasteiger partial charge >= 0.3 is 0 Å². The van der Waals surface area contributed by atoms with E-state index in [0.717, 1.165) is 29.5 Å². The number of aromatic nitrogens is 1. The van der Waals surface area contributed by atoms with Crippen LogP contribution in [0.15, 0.2) is 47.6 Å². The molecule has 0 radical (unpaired) electrons. The van der Waals surface area contributed by atoms with Crippen LogP contribution in [0.4, 0.5) is 0 Å². The molecule has 1 aromatic heterocycles. The topological polar surface area (TPSA) is 69.4 Å². The van der Waals surface area contributed by atoms with E-state index in [1.54, 1.807) is 7.11 Å². The number of hydrogen-bond donors (Lipinski definition) is 2. The lowest BCUT2D eigenvalue weighted by atomic mass is 9.93. The molecule has 0 spiro atoms. The number of benzene rings is 1. The minimum atomic E-state index is 0.263. The van der Waals surface area contributed by atoms with E-state index >= 15 is 0 Å². The van der Waals surface area contributed by atoms with E-state index < -0.39 is 0 Å². The maximum absolute atomic E-state index is 10.6. The van der Waals surface area contributed by atoms with Gasteiger partial charge in [0.2, 0.25) is 0 Å². The van der Waals surface area contributed by atoms with Crippen molar-refractivity contribution in [2.45, 2.75) is 12.8 Å². The van der Waals surface area contributed by atoms with Gasteiger partial charge in [0.25, 0.3) is 0 Å². The molecule has 1 aliphatic heterocycles. The van der Waals surface area contributed by atoms with Gasteiger partial charge in [-0.25, -0.2) is 4.98 Å². The molecule has 2 aromatic rings. The number of nitrogens with zero attached hydrogens (tertiary/aromatic N) is 2. The number of thiazole rings is 1. The zero-order valence-corrected chi connectivity index (χ0v) is 16.6. The molecule has 2 N–H and O–H groups in total. The van der Waals surface area contributed by atoms with Crippen LogP contribution in [0.1, 0.15) is 17.8 Å². The van der Waals surface area contributed by atoms with E-state index in [2.05, 4.69) is 12.2 Å². The van der Waals surface area contributed by atoms with Crippen LogP contribution < -0.4 is 4.74 Å². The summed E-state index contributed by atoms with van der Waals surface area (Å²) in [6.45, 7) is 1.26. The first-order valence-electron chi connectivity index (χ1n) is 9.67. The smallest absolute Gasteiger partial charge is 0.135 e. The maximum Gasteiger partial charge on any atom is 0.135 e. The molecule has 1 fully saturated rings. The van der Waals surface area contributed by atoms with Crippen molar-refractivity contribution in [3.05, 3.63) is 52.6 Å². The number of rotatable bonds is 5. The number of hydrogen-bond acceptors (Lipinski definition) is 5. The molecule has 5 rings (SSSR count). The quantitative estimate of drug-likeness (QED) is 0.729. The van der Waals surface area contributed by atoms with Gasteiger partial charge in [-0.15, -0.1) is 11.3 Å². The SMILES string of the molecule is COc1ccc(-c2csc(C3=C(O)CN(C[C@@H]4C[C@@H]5C=C[C@H]4C5)C3=N)n2)cc1. The third-order valence-electron chi connectivity index (χ3n) is 6.16. The second-order valence-electron chi connectivity index (χ2n) is 7.86. The van der Waals surface area contributed by atoms with Crippen molar-refractivity contribution < 1.29 is 9.84 Å². The number of ether oxygens (including phenoxy) is 1. The lowest BCUT2D eigenvalue weighted by Crippen LogP contribution is -2.33. The number of aliphatic hydroxyl groups is 1. The predicted molar refractivity (Wildman–Crippen MR) is 112 cm³/mol. The zero-order valence-electron chi connectivity index (χ0n) is 15.8. The van der Waals surface area contributed by atoms with E-state index in [1.807, 2.05) is 34.5 Å². The van der Waals surface area contributed by atoms with Crippen molar-refractivity contribution in [2.24, 2.45) is 17.8 Å². The van der Waals surface area contributed by atoms with Crippen LogP contribution in [-0.4, -0.2) is 41.0 Å². The van der Waals surface area contributed by atoms with Crippen molar-refractivity contribution in [2.75, 3.05) is 20.2 Å². The molecule has 3 aliphatic rings. The Kier molecular flexibility index (Phi) is 4.23. The fourth-order valence-corrected chi connectivity index (χ4v) is 5.58. The van der Waals surface area contributed by atoms with Crippen molar-refractivity contribution in [3.8, 4) is 17.0 Å². The Hall–Kier alpha value is -2.60.